The van der Waals surface area contributed by atoms with Crippen molar-refractivity contribution in [2.24, 2.45) is 5.14 Å². The van der Waals surface area contributed by atoms with E-state index in [2.05, 4.69) is 16.6 Å². The summed E-state index contributed by atoms with van der Waals surface area (Å²) in [6.07, 6.45) is 0. The fourth-order valence-electron chi connectivity index (χ4n) is 1.88. The van der Waals surface area contributed by atoms with Gasteiger partial charge in [-0.3, -0.25) is 9.52 Å². The Morgan fingerprint density at radius 3 is 2.36 bits per heavy atom. The van der Waals surface area contributed by atoms with Gasteiger partial charge in [0, 0.05) is 18.2 Å². The molecular weight excluding hydrogens is 360 g/mol. The molecule has 0 saturated heterocycles. The minimum atomic E-state index is -1.87. The molecule has 0 bridgehead atoms. The number of nitrogens with two attached hydrogens (primary N) is 1. The zero-order valence-corrected chi connectivity index (χ0v) is 15.0. The molecule has 130 valence electrons. The van der Waals surface area contributed by atoms with E-state index in [0.29, 0.717) is 12.2 Å². The van der Waals surface area contributed by atoms with E-state index in [-0.39, 0.29) is 9.79 Å². The Morgan fingerprint density at radius 1 is 1.12 bits per heavy atom. The highest BCUT2D eigenvalue weighted by Gasteiger charge is 2.15. The number of carbonyl (C=O) groups is 1. The molecule has 0 aliphatic rings. The van der Waals surface area contributed by atoms with Crippen LogP contribution in [0.2, 0.25) is 0 Å². The van der Waals surface area contributed by atoms with Crippen molar-refractivity contribution in [2.45, 2.75) is 9.79 Å². The topological polar surface area (TPSA) is 98.5 Å². The maximum atomic E-state index is 12.3. The Balaban J connectivity index is 2.11. The summed E-state index contributed by atoms with van der Waals surface area (Å²) in [4.78, 5) is 12.6. The maximum Gasteiger partial charge on any atom is 0.263 e. The van der Waals surface area contributed by atoms with Gasteiger partial charge in [-0.25, -0.2) is 13.6 Å². The van der Waals surface area contributed by atoms with Crippen LogP contribution in [-0.2, 0) is 26.7 Å². The highest BCUT2D eigenvalue weighted by atomic mass is 32.2. The lowest BCUT2D eigenvalue weighted by molar-refractivity contribution is 0.0983. The van der Waals surface area contributed by atoms with Crippen LogP contribution in [0.1, 0.15) is 15.9 Å². The van der Waals surface area contributed by atoms with Crippen LogP contribution >= 0.6 is 0 Å². The minimum Gasteiger partial charge on any atom is -0.372 e. The predicted molar refractivity (Wildman–Crippen MR) is 96.1 cm³/mol. The highest BCUT2D eigenvalue weighted by Crippen LogP contribution is 2.15. The third-order valence-electron chi connectivity index (χ3n) is 3.05. The minimum absolute atomic E-state index is 0.207. The largest absolute Gasteiger partial charge is 0.372 e. The maximum absolute atomic E-state index is 12.3. The van der Waals surface area contributed by atoms with E-state index in [1.807, 2.05) is 0 Å². The van der Waals surface area contributed by atoms with Gasteiger partial charge >= 0.3 is 0 Å². The van der Waals surface area contributed by atoms with E-state index in [0.717, 1.165) is 5.56 Å². The second-order valence-electron chi connectivity index (χ2n) is 4.76. The summed E-state index contributed by atoms with van der Waals surface area (Å²) in [7, 11) is -2.12. The number of hydrogen-bond acceptors (Lipinski definition) is 4. The molecule has 2 aromatic rings. The second kappa shape index (κ2) is 9.25. The van der Waals surface area contributed by atoms with Crippen molar-refractivity contribution < 1.29 is 17.9 Å². The monoisotopic (exact) mass is 376 g/mol. The van der Waals surface area contributed by atoms with Gasteiger partial charge in [0.25, 0.3) is 5.91 Å². The summed E-state index contributed by atoms with van der Waals surface area (Å²) in [5.41, 5.74) is 1.07. The first-order valence-electron chi connectivity index (χ1n) is 7.08. The normalized spacial score (nSPS) is 12.6. The molecule has 3 N–H and O–H groups in total. The van der Waals surface area contributed by atoms with Gasteiger partial charge in [-0.15, -0.1) is 0 Å². The van der Waals surface area contributed by atoms with Crippen LogP contribution in [0.3, 0.4) is 0 Å². The molecule has 0 aromatic heterocycles. The number of ether oxygens (including phenoxy) is 1. The van der Waals surface area contributed by atoms with E-state index >= 15 is 0 Å². The van der Waals surface area contributed by atoms with Crippen molar-refractivity contribution in [3.05, 3.63) is 59.7 Å². The molecule has 0 aliphatic heterocycles. The lowest BCUT2D eigenvalue weighted by Gasteiger charge is -2.08. The van der Waals surface area contributed by atoms with Crippen molar-refractivity contribution in [3.8, 4) is 11.8 Å². The van der Waals surface area contributed by atoms with Gasteiger partial charge in [0.05, 0.1) is 9.79 Å². The standard InChI is InChI=1S/C17H16N2O4S2/c1-23-12-4-5-13-8-10-14(11-9-13)17(20)19-25(22)16-7-3-2-6-15(16)24(18)21/h2-3,6-11H,12,18H2,1H3,(H,19,20). The fraction of sp³-hybridized carbons (Fsp3) is 0.118. The SMILES string of the molecule is COCC#Cc1ccc(C(=O)NS(=O)c2ccccc2S(N)=O)cc1. The van der Waals surface area contributed by atoms with Crippen LogP contribution in [0.4, 0.5) is 0 Å². The molecule has 0 saturated carbocycles. The quantitative estimate of drug-likeness (QED) is 0.764. The zero-order valence-electron chi connectivity index (χ0n) is 13.4. The highest BCUT2D eigenvalue weighted by molar-refractivity contribution is 7.86. The molecule has 0 spiro atoms. The second-order valence-corrected chi connectivity index (χ2v) is 6.97. The molecule has 25 heavy (non-hydrogen) atoms. The summed E-state index contributed by atoms with van der Waals surface area (Å²) >= 11 is 0. The van der Waals surface area contributed by atoms with Crippen LogP contribution in [0.15, 0.2) is 58.3 Å². The summed E-state index contributed by atoms with van der Waals surface area (Å²) in [6, 6.07) is 12.8. The molecule has 2 aromatic carbocycles. The molecule has 1 amide bonds. The fourth-order valence-corrected chi connectivity index (χ4v) is 3.68. The van der Waals surface area contributed by atoms with Crippen molar-refractivity contribution in [1.29, 1.82) is 0 Å². The average Bonchev–Trinajstić information content (AvgIpc) is 2.62. The third kappa shape index (κ3) is 5.34. The number of benzene rings is 2. The molecule has 6 nitrogen and oxygen atoms in total. The lowest BCUT2D eigenvalue weighted by Crippen LogP contribution is -2.26. The first-order chi connectivity index (χ1) is 12.0. The number of carbonyl (C=O) groups excluding carboxylic acids is 1. The molecular formula is C17H16N2O4S2. The zero-order chi connectivity index (χ0) is 18.2. The van der Waals surface area contributed by atoms with Crippen LogP contribution in [0, 0.1) is 11.8 Å². The van der Waals surface area contributed by atoms with E-state index in [1.165, 1.54) is 12.1 Å². The molecule has 8 heteroatoms. The van der Waals surface area contributed by atoms with Crippen molar-refractivity contribution in [3.63, 3.8) is 0 Å². The molecule has 0 heterocycles. The molecule has 0 fully saturated rings. The van der Waals surface area contributed by atoms with Gasteiger partial charge < -0.3 is 4.74 Å². The molecule has 0 radical (unpaired) electrons. The summed E-state index contributed by atoms with van der Waals surface area (Å²) in [5.74, 6) is 5.17. The summed E-state index contributed by atoms with van der Waals surface area (Å²) in [6.45, 7) is 0.323. The van der Waals surface area contributed by atoms with Crippen LogP contribution in [-0.4, -0.2) is 28.0 Å². The van der Waals surface area contributed by atoms with Crippen molar-refractivity contribution in [2.75, 3.05) is 13.7 Å². The van der Waals surface area contributed by atoms with E-state index in [4.69, 9.17) is 9.88 Å². The van der Waals surface area contributed by atoms with Gasteiger partial charge in [0.2, 0.25) is 0 Å². The molecule has 0 aliphatic carbocycles. The molecule has 2 unspecified atom stereocenters. The number of rotatable bonds is 5. The summed E-state index contributed by atoms with van der Waals surface area (Å²) < 4.78 is 31.0. The van der Waals surface area contributed by atoms with Gasteiger partial charge in [-0.1, -0.05) is 24.0 Å². The Bertz CT molecular complexity index is 870. The van der Waals surface area contributed by atoms with Crippen molar-refractivity contribution in [1.82, 2.24) is 4.72 Å². The Labute approximate surface area is 150 Å². The Morgan fingerprint density at radius 2 is 1.76 bits per heavy atom. The lowest BCUT2D eigenvalue weighted by atomic mass is 10.1. The van der Waals surface area contributed by atoms with E-state index in [1.54, 1.807) is 43.5 Å². The first kappa shape index (κ1) is 19.0. The summed E-state index contributed by atoms with van der Waals surface area (Å²) in [5, 5.41) is 5.36. The van der Waals surface area contributed by atoms with Crippen LogP contribution < -0.4 is 9.86 Å². The van der Waals surface area contributed by atoms with Gasteiger partial charge in [0.15, 0.2) is 11.0 Å². The third-order valence-corrected chi connectivity index (χ3v) is 5.09. The van der Waals surface area contributed by atoms with E-state index < -0.39 is 27.9 Å². The Kier molecular flexibility index (Phi) is 7.03. The predicted octanol–water partition coefficient (Wildman–Crippen LogP) is 1.12. The van der Waals surface area contributed by atoms with Gasteiger partial charge in [-0.2, -0.15) is 0 Å². The van der Waals surface area contributed by atoms with Crippen molar-refractivity contribution >= 4 is 27.9 Å². The first-order valence-corrected chi connectivity index (χ1v) is 9.45. The van der Waals surface area contributed by atoms with Gasteiger partial charge in [-0.05, 0) is 36.4 Å². The number of amides is 1. The molecule has 2 rings (SSSR count). The smallest absolute Gasteiger partial charge is 0.263 e. The van der Waals surface area contributed by atoms with Crippen LogP contribution in [0.5, 0.6) is 0 Å². The van der Waals surface area contributed by atoms with Crippen LogP contribution in [0.25, 0.3) is 0 Å². The number of nitrogens with one attached hydrogen (secondary N) is 1. The average molecular weight is 376 g/mol. The molecule has 2 atom stereocenters. The Hall–Kier alpha value is -2.31. The number of hydrogen-bond donors (Lipinski definition) is 2. The number of methoxy groups -OCH3 is 1. The van der Waals surface area contributed by atoms with E-state index in [9.17, 15) is 13.2 Å². The van der Waals surface area contributed by atoms with Gasteiger partial charge in [0.1, 0.15) is 17.6 Å².